The summed E-state index contributed by atoms with van der Waals surface area (Å²) >= 11 is 0. The van der Waals surface area contributed by atoms with Gasteiger partial charge in [0.25, 0.3) is 0 Å². The van der Waals surface area contributed by atoms with Crippen LogP contribution in [-0.4, -0.2) is 16.9 Å². The number of Topliss-reactive ketones (excluding diaryl/α,β-unsaturated/α-hetero) is 1. The molecule has 0 bridgehead atoms. The molecule has 0 aliphatic heterocycles. The Labute approximate surface area is 110 Å². The number of ketones is 1. The number of carboxylic acid groups (broad SMARTS) is 1. The third kappa shape index (κ3) is 2.42. The fourth-order valence-corrected chi connectivity index (χ4v) is 2.01. The molecular weight excluding hydrogens is 244 g/mol. The van der Waals surface area contributed by atoms with Gasteiger partial charge in [0.1, 0.15) is 11.3 Å². The first kappa shape index (κ1) is 13.1. The van der Waals surface area contributed by atoms with E-state index >= 15 is 0 Å². The quantitative estimate of drug-likeness (QED) is 0.660. The van der Waals surface area contributed by atoms with E-state index < -0.39 is 5.97 Å². The average Bonchev–Trinajstić information content (AvgIpc) is 2.76. The van der Waals surface area contributed by atoms with Crippen molar-refractivity contribution in [1.29, 1.82) is 0 Å². The molecule has 0 spiro atoms. The Bertz CT molecular complexity index is 664. The molecule has 0 amide bonds. The molecule has 4 nitrogen and oxygen atoms in total. The van der Waals surface area contributed by atoms with E-state index in [1.54, 1.807) is 12.1 Å². The van der Waals surface area contributed by atoms with E-state index in [1.165, 1.54) is 0 Å². The Morgan fingerprint density at radius 2 is 2.00 bits per heavy atom. The predicted octanol–water partition coefficient (Wildman–Crippen LogP) is 3.21. The summed E-state index contributed by atoms with van der Waals surface area (Å²) in [5.41, 5.74) is 1.00. The van der Waals surface area contributed by atoms with Gasteiger partial charge < -0.3 is 9.52 Å². The molecule has 0 aliphatic carbocycles. The first-order valence-corrected chi connectivity index (χ1v) is 5.99. The number of carboxylic acids is 1. The van der Waals surface area contributed by atoms with E-state index in [9.17, 15) is 9.59 Å². The minimum Gasteiger partial charge on any atom is -0.478 e. The maximum Gasteiger partial charge on any atom is 0.331 e. The highest BCUT2D eigenvalue weighted by Gasteiger charge is 2.21. The summed E-state index contributed by atoms with van der Waals surface area (Å²) in [6.45, 7) is 5.28. The van der Waals surface area contributed by atoms with Crippen LogP contribution in [0.3, 0.4) is 0 Å². The fourth-order valence-electron chi connectivity index (χ4n) is 2.01. The first-order chi connectivity index (χ1) is 9.04. The van der Waals surface area contributed by atoms with Crippen molar-refractivity contribution in [3.05, 3.63) is 47.7 Å². The summed E-state index contributed by atoms with van der Waals surface area (Å²) in [6.07, 6.45) is 0.376. The third-order valence-electron chi connectivity index (χ3n) is 2.94. The van der Waals surface area contributed by atoms with E-state index in [2.05, 4.69) is 6.58 Å². The van der Waals surface area contributed by atoms with Gasteiger partial charge in [0.2, 0.25) is 0 Å². The molecule has 2 rings (SSSR count). The smallest absolute Gasteiger partial charge is 0.331 e. The van der Waals surface area contributed by atoms with Crippen molar-refractivity contribution in [2.75, 3.05) is 0 Å². The zero-order valence-corrected chi connectivity index (χ0v) is 10.6. The number of aliphatic carboxylic acids is 1. The number of carbonyl (C=O) groups excluding carboxylic acids is 1. The van der Waals surface area contributed by atoms with Gasteiger partial charge in [0.05, 0.1) is 5.56 Å². The number of para-hydroxylation sites is 1. The normalized spacial score (nSPS) is 10.6. The molecule has 0 aliphatic rings. The number of furan rings is 1. The molecule has 0 atom stereocenters. The highest BCUT2D eigenvalue weighted by molar-refractivity contribution is 6.11. The van der Waals surface area contributed by atoms with Gasteiger partial charge in [-0.3, -0.25) is 4.79 Å². The van der Waals surface area contributed by atoms with Gasteiger partial charge in [-0.1, -0.05) is 31.7 Å². The highest BCUT2D eigenvalue weighted by Crippen LogP contribution is 2.28. The number of hydrogen-bond donors (Lipinski definition) is 1. The maximum absolute atomic E-state index is 12.2. The topological polar surface area (TPSA) is 67.5 Å². The lowest BCUT2D eigenvalue weighted by Gasteiger charge is -2.01. The van der Waals surface area contributed by atoms with Crippen LogP contribution >= 0.6 is 0 Å². The van der Waals surface area contributed by atoms with Crippen molar-refractivity contribution in [2.24, 2.45) is 0 Å². The summed E-state index contributed by atoms with van der Waals surface area (Å²) in [4.78, 5) is 23.0. The molecule has 1 N–H and O–H groups in total. The highest BCUT2D eigenvalue weighted by atomic mass is 16.4. The van der Waals surface area contributed by atoms with E-state index in [4.69, 9.17) is 9.52 Å². The molecular formula is C15H14O4. The van der Waals surface area contributed by atoms with Crippen LogP contribution in [0, 0.1) is 0 Å². The lowest BCUT2D eigenvalue weighted by Crippen LogP contribution is -2.08. The van der Waals surface area contributed by atoms with Crippen LogP contribution in [0.1, 0.15) is 29.5 Å². The number of rotatable bonds is 5. The van der Waals surface area contributed by atoms with Crippen molar-refractivity contribution in [3.8, 4) is 0 Å². The molecule has 0 fully saturated rings. The number of benzene rings is 1. The molecule has 0 unspecified atom stereocenters. The zero-order valence-electron chi connectivity index (χ0n) is 10.6. The van der Waals surface area contributed by atoms with Crippen molar-refractivity contribution in [2.45, 2.75) is 19.8 Å². The summed E-state index contributed by atoms with van der Waals surface area (Å²) in [6, 6.07) is 7.24. The van der Waals surface area contributed by atoms with E-state index in [-0.39, 0.29) is 17.8 Å². The summed E-state index contributed by atoms with van der Waals surface area (Å²) < 4.78 is 5.61. The molecule has 1 aromatic carbocycles. The van der Waals surface area contributed by atoms with Crippen LogP contribution in [-0.2, 0) is 11.2 Å². The standard InChI is InChI=1S/C15H14O4/c1-3-12-14(11(16)8-9(2)15(17)18)10-6-4-5-7-13(10)19-12/h4-7H,2-3,8H2,1H3,(H,17,18). The molecule has 0 radical (unpaired) electrons. The van der Waals surface area contributed by atoms with E-state index in [1.807, 2.05) is 19.1 Å². The zero-order chi connectivity index (χ0) is 14.0. The number of fused-ring (bicyclic) bond motifs is 1. The molecule has 4 heteroatoms. The van der Waals surface area contributed by atoms with Gasteiger partial charge >= 0.3 is 5.97 Å². The summed E-state index contributed by atoms with van der Waals surface area (Å²) in [5.74, 6) is -0.835. The number of carbonyl (C=O) groups is 2. The second-order valence-electron chi connectivity index (χ2n) is 4.26. The van der Waals surface area contributed by atoms with Crippen LogP contribution in [0.4, 0.5) is 0 Å². The van der Waals surface area contributed by atoms with E-state index in [0.717, 1.165) is 5.39 Å². The van der Waals surface area contributed by atoms with Crippen molar-refractivity contribution >= 4 is 22.7 Å². The van der Waals surface area contributed by atoms with Crippen LogP contribution < -0.4 is 0 Å². The lowest BCUT2D eigenvalue weighted by molar-refractivity contribution is -0.132. The molecule has 0 saturated heterocycles. The lowest BCUT2D eigenvalue weighted by atomic mass is 10.00. The Hall–Kier alpha value is -2.36. The Kier molecular flexibility index (Phi) is 3.51. The van der Waals surface area contributed by atoms with Gasteiger partial charge in [-0.15, -0.1) is 0 Å². The molecule has 1 aromatic heterocycles. The number of hydrogen-bond acceptors (Lipinski definition) is 3. The Balaban J connectivity index is 2.46. The predicted molar refractivity (Wildman–Crippen MR) is 71.3 cm³/mol. The average molecular weight is 258 g/mol. The van der Waals surface area contributed by atoms with E-state index in [0.29, 0.717) is 23.3 Å². The maximum atomic E-state index is 12.2. The van der Waals surface area contributed by atoms with Crippen molar-refractivity contribution in [1.82, 2.24) is 0 Å². The largest absolute Gasteiger partial charge is 0.478 e. The van der Waals surface area contributed by atoms with Crippen molar-refractivity contribution < 1.29 is 19.1 Å². The Morgan fingerprint density at radius 1 is 1.32 bits per heavy atom. The monoisotopic (exact) mass is 258 g/mol. The van der Waals surface area contributed by atoms with Crippen LogP contribution in [0.25, 0.3) is 11.0 Å². The summed E-state index contributed by atoms with van der Waals surface area (Å²) in [5, 5.41) is 9.52. The summed E-state index contributed by atoms with van der Waals surface area (Å²) in [7, 11) is 0. The first-order valence-electron chi connectivity index (χ1n) is 5.99. The van der Waals surface area contributed by atoms with Crippen LogP contribution in [0.2, 0.25) is 0 Å². The molecule has 2 aromatic rings. The second kappa shape index (κ2) is 5.10. The van der Waals surface area contributed by atoms with Gasteiger partial charge in [0, 0.05) is 23.8 Å². The molecule has 19 heavy (non-hydrogen) atoms. The van der Waals surface area contributed by atoms with Gasteiger partial charge in [0.15, 0.2) is 5.78 Å². The van der Waals surface area contributed by atoms with Gasteiger partial charge in [-0.25, -0.2) is 4.79 Å². The minimum atomic E-state index is -1.15. The third-order valence-corrected chi connectivity index (χ3v) is 2.94. The number of aryl methyl sites for hydroxylation is 1. The van der Waals surface area contributed by atoms with Crippen LogP contribution in [0.15, 0.2) is 40.8 Å². The second-order valence-corrected chi connectivity index (χ2v) is 4.26. The SMILES string of the molecule is C=C(CC(=O)c1c(CC)oc2ccccc12)C(=O)O. The molecule has 0 saturated carbocycles. The minimum absolute atomic E-state index is 0.114. The fraction of sp³-hybridized carbons (Fsp3) is 0.200. The molecule has 98 valence electrons. The molecule has 1 heterocycles. The van der Waals surface area contributed by atoms with Crippen molar-refractivity contribution in [3.63, 3.8) is 0 Å². The van der Waals surface area contributed by atoms with Gasteiger partial charge in [-0.2, -0.15) is 0 Å². The van der Waals surface area contributed by atoms with Gasteiger partial charge in [-0.05, 0) is 6.07 Å². The van der Waals surface area contributed by atoms with Crippen LogP contribution in [0.5, 0.6) is 0 Å². The Morgan fingerprint density at radius 3 is 2.63 bits per heavy atom.